The molecular weight excluding hydrogens is 270 g/mol. The fourth-order valence-corrected chi connectivity index (χ4v) is 2.78. The van der Waals surface area contributed by atoms with Gasteiger partial charge in [-0.3, -0.25) is 4.79 Å². The summed E-state index contributed by atoms with van der Waals surface area (Å²) in [4.78, 5) is 25.0. The lowest BCUT2D eigenvalue weighted by Crippen LogP contribution is -2.48. The van der Waals surface area contributed by atoms with Crippen LogP contribution in [0.1, 0.15) is 31.9 Å². The van der Waals surface area contributed by atoms with E-state index in [2.05, 4.69) is 5.32 Å². The van der Waals surface area contributed by atoms with Gasteiger partial charge in [0, 0.05) is 32.0 Å². The van der Waals surface area contributed by atoms with Gasteiger partial charge < -0.3 is 20.4 Å². The monoisotopic (exact) mass is 293 g/mol. The largest absolute Gasteiger partial charge is 0.469 e. The van der Waals surface area contributed by atoms with Crippen molar-refractivity contribution < 1.29 is 14.0 Å². The van der Waals surface area contributed by atoms with Crippen LogP contribution in [0.15, 0.2) is 22.8 Å². The zero-order valence-corrected chi connectivity index (χ0v) is 12.4. The predicted octanol–water partition coefficient (Wildman–Crippen LogP) is 1.51. The molecule has 2 atom stereocenters. The average Bonchev–Trinajstić information content (AvgIpc) is 2.90. The molecule has 0 aliphatic carbocycles. The van der Waals surface area contributed by atoms with E-state index >= 15 is 0 Å². The third-order valence-corrected chi connectivity index (χ3v) is 3.75. The first-order valence-corrected chi connectivity index (χ1v) is 7.40. The lowest BCUT2D eigenvalue weighted by Gasteiger charge is -2.33. The van der Waals surface area contributed by atoms with Gasteiger partial charge in [0.15, 0.2) is 0 Å². The van der Waals surface area contributed by atoms with E-state index in [1.54, 1.807) is 11.2 Å². The van der Waals surface area contributed by atoms with Crippen LogP contribution < -0.4 is 11.1 Å². The molecule has 0 spiro atoms. The topological polar surface area (TPSA) is 88.6 Å². The van der Waals surface area contributed by atoms with Crippen LogP contribution in [0.4, 0.5) is 4.79 Å². The summed E-state index contributed by atoms with van der Waals surface area (Å²) >= 11 is 0. The summed E-state index contributed by atoms with van der Waals surface area (Å²) in [6.07, 6.45) is 4.51. The lowest BCUT2D eigenvalue weighted by atomic mass is 9.95. The van der Waals surface area contributed by atoms with E-state index in [0.29, 0.717) is 19.4 Å². The minimum absolute atomic E-state index is 0.000155. The summed E-state index contributed by atoms with van der Waals surface area (Å²) in [6, 6.07) is 3.65. The molecule has 0 aromatic carbocycles. The molecule has 2 rings (SSSR count). The fourth-order valence-electron chi connectivity index (χ4n) is 2.78. The maximum atomic E-state index is 12.2. The zero-order chi connectivity index (χ0) is 15.2. The molecule has 3 amide bonds. The van der Waals surface area contributed by atoms with Crippen LogP contribution in [0.3, 0.4) is 0 Å². The third kappa shape index (κ3) is 4.81. The maximum Gasteiger partial charge on any atom is 0.317 e. The molecule has 6 heteroatoms. The standard InChI is InChI=1S/C15H23N3O3/c1-11(8-13-5-3-7-21-13)17-15(20)18-6-2-4-12(10-18)9-14(16)19/h3,5,7,11-12H,2,4,6,8-10H2,1H3,(H2,16,19)(H,17,20)/t11-,12-/m0/s1. The third-order valence-electron chi connectivity index (χ3n) is 3.75. The summed E-state index contributed by atoms with van der Waals surface area (Å²) in [7, 11) is 0. The van der Waals surface area contributed by atoms with Crippen molar-refractivity contribution in [2.45, 2.75) is 38.6 Å². The van der Waals surface area contributed by atoms with Crippen LogP contribution in [0.25, 0.3) is 0 Å². The molecule has 3 N–H and O–H groups in total. The van der Waals surface area contributed by atoms with E-state index in [-0.39, 0.29) is 23.9 Å². The zero-order valence-electron chi connectivity index (χ0n) is 12.4. The van der Waals surface area contributed by atoms with Gasteiger partial charge in [-0.1, -0.05) is 0 Å². The molecule has 1 fully saturated rings. The minimum Gasteiger partial charge on any atom is -0.469 e. The number of carbonyl (C=O) groups is 2. The second-order valence-electron chi connectivity index (χ2n) is 5.76. The van der Waals surface area contributed by atoms with Crippen LogP contribution in [0, 0.1) is 5.92 Å². The van der Waals surface area contributed by atoms with E-state index in [0.717, 1.165) is 25.1 Å². The number of primary amides is 1. The molecule has 0 bridgehead atoms. The van der Waals surface area contributed by atoms with Gasteiger partial charge in [-0.25, -0.2) is 4.79 Å². The van der Waals surface area contributed by atoms with Crippen LogP contribution >= 0.6 is 0 Å². The van der Waals surface area contributed by atoms with Crippen molar-refractivity contribution >= 4 is 11.9 Å². The number of furan rings is 1. The van der Waals surface area contributed by atoms with Crippen LogP contribution in [-0.4, -0.2) is 36.0 Å². The molecule has 116 valence electrons. The number of nitrogens with one attached hydrogen (secondary N) is 1. The Kier molecular flexibility index (Phi) is 5.25. The Morgan fingerprint density at radius 1 is 1.57 bits per heavy atom. The summed E-state index contributed by atoms with van der Waals surface area (Å²) < 4.78 is 5.28. The molecule has 1 aromatic rings. The van der Waals surface area contributed by atoms with Crippen molar-refractivity contribution in [1.82, 2.24) is 10.2 Å². The normalized spacial score (nSPS) is 20.0. The Balaban J connectivity index is 1.80. The molecular formula is C15H23N3O3. The van der Waals surface area contributed by atoms with E-state index in [1.807, 2.05) is 19.1 Å². The molecule has 2 heterocycles. The Hall–Kier alpha value is -1.98. The van der Waals surface area contributed by atoms with Crippen molar-refractivity contribution in [3.8, 4) is 0 Å². The smallest absolute Gasteiger partial charge is 0.317 e. The highest BCUT2D eigenvalue weighted by Gasteiger charge is 2.25. The minimum atomic E-state index is -0.298. The van der Waals surface area contributed by atoms with Gasteiger partial charge in [0.1, 0.15) is 5.76 Å². The summed E-state index contributed by atoms with van der Waals surface area (Å²) in [6.45, 7) is 3.28. The van der Waals surface area contributed by atoms with Gasteiger partial charge in [-0.15, -0.1) is 0 Å². The average molecular weight is 293 g/mol. The van der Waals surface area contributed by atoms with Gasteiger partial charge in [0.05, 0.1) is 6.26 Å². The van der Waals surface area contributed by atoms with Crippen LogP contribution in [-0.2, 0) is 11.2 Å². The van der Waals surface area contributed by atoms with Gasteiger partial charge in [0.25, 0.3) is 0 Å². The molecule has 6 nitrogen and oxygen atoms in total. The first kappa shape index (κ1) is 15.4. The predicted molar refractivity (Wildman–Crippen MR) is 78.5 cm³/mol. The Morgan fingerprint density at radius 2 is 2.38 bits per heavy atom. The summed E-state index contributed by atoms with van der Waals surface area (Å²) in [5.74, 6) is 0.740. The quantitative estimate of drug-likeness (QED) is 0.862. The van der Waals surface area contributed by atoms with E-state index < -0.39 is 0 Å². The highest BCUT2D eigenvalue weighted by Crippen LogP contribution is 2.19. The number of nitrogens with two attached hydrogens (primary N) is 1. The molecule has 1 aromatic heterocycles. The molecule has 1 saturated heterocycles. The van der Waals surface area contributed by atoms with Gasteiger partial charge in [-0.2, -0.15) is 0 Å². The Bertz CT molecular complexity index is 473. The number of rotatable bonds is 5. The van der Waals surface area contributed by atoms with Crippen molar-refractivity contribution in [3.63, 3.8) is 0 Å². The highest BCUT2D eigenvalue weighted by atomic mass is 16.3. The van der Waals surface area contributed by atoms with Crippen LogP contribution in [0.5, 0.6) is 0 Å². The van der Waals surface area contributed by atoms with Gasteiger partial charge in [0.2, 0.25) is 5.91 Å². The van der Waals surface area contributed by atoms with E-state index in [1.165, 1.54) is 0 Å². The maximum absolute atomic E-state index is 12.2. The van der Waals surface area contributed by atoms with Gasteiger partial charge >= 0.3 is 6.03 Å². The second kappa shape index (κ2) is 7.15. The van der Waals surface area contributed by atoms with Crippen molar-refractivity contribution in [2.24, 2.45) is 11.7 Å². The Morgan fingerprint density at radius 3 is 3.05 bits per heavy atom. The first-order chi connectivity index (χ1) is 10.0. The number of hydrogen-bond donors (Lipinski definition) is 2. The number of nitrogens with zero attached hydrogens (tertiary/aromatic N) is 1. The number of carbonyl (C=O) groups excluding carboxylic acids is 2. The second-order valence-corrected chi connectivity index (χ2v) is 5.76. The molecule has 0 saturated carbocycles. The molecule has 21 heavy (non-hydrogen) atoms. The molecule has 1 aliphatic heterocycles. The molecule has 0 unspecified atom stereocenters. The van der Waals surface area contributed by atoms with E-state index in [4.69, 9.17) is 10.2 Å². The summed E-state index contributed by atoms with van der Waals surface area (Å²) in [5, 5.41) is 2.97. The van der Waals surface area contributed by atoms with Crippen LogP contribution in [0.2, 0.25) is 0 Å². The highest BCUT2D eigenvalue weighted by molar-refractivity contribution is 5.75. The Labute approximate surface area is 124 Å². The molecule has 1 aliphatic rings. The van der Waals surface area contributed by atoms with Crippen molar-refractivity contribution in [1.29, 1.82) is 0 Å². The van der Waals surface area contributed by atoms with Crippen molar-refractivity contribution in [2.75, 3.05) is 13.1 Å². The number of amides is 3. The van der Waals surface area contributed by atoms with Crippen molar-refractivity contribution in [3.05, 3.63) is 24.2 Å². The fraction of sp³-hybridized carbons (Fsp3) is 0.600. The lowest BCUT2D eigenvalue weighted by molar-refractivity contribution is -0.119. The summed E-state index contributed by atoms with van der Waals surface area (Å²) in [5.41, 5.74) is 5.23. The number of hydrogen-bond acceptors (Lipinski definition) is 3. The first-order valence-electron chi connectivity index (χ1n) is 7.40. The molecule has 0 radical (unpaired) electrons. The SMILES string of the molecule is C[C@@H](Cc1ccco1)NC(=O)N1CCC[C@@H](CC(N)=O)C1. The van der Waals surface area contributed by atoms with E-state index in [9.17, 15) is 9.59 Å². The number of urea groups is 1. The number of likely N-dealkylation sites (tertiary alicyclic amines) is 1. The number of piperidine rings is 1. The van der Waals surface area contributed by atoms with Gasteiger partial charge in [-0.05, 0) is 37.8 Å².